The Hall–Kier alpha value is -0.830. The van der Waals surface area contributed by atoms with Gasteiger partial charge in [0.1, 0.15) is 0 Å². The first-order chi connectivity index (χ1) is 4.63. The number of hydrogen-bond acceptors (Lipinski definition) is 3. The lowest BCUT2D eigenvalue weighted by molar-refractivity contribution is -0.136. The minimum absolute atomic E-state index is 0.0594. The number of halogens is 1. The lowest BCUT2D eigenvalue weighted by atomic mass is 10.4. The molecule has 0 aliphatic heterocycles. The predicted octanol–water partition coefficient (Wildman–Crippen LogP) is 1.33. The third-order valence-corrected chi connectivity index (χ3v) is 1.04. The molecule has 0 unspecified atom stereocenters. The molecule has 0 saturated carbocycles. The number of aliphatic imine (C=N–C) groups is 1. The van der Waals surface area contributed by atoms with E-state index < -0.39 is 5.97 Å². The Morgan fingerprint density at radius 2 is 2.20 bits per heavy atom. The van der Waals surface area contributed by atoms with E-state index in [1.165, 1.54) is 7.11 Å². The van der Waals surface area contributed by atoms with Crippen molar-refractivity contribution in [3.05, 3.63) is 10.7 Å². The summed E-state index contributed by atoms with van der Waals surface area (Å²) in [6.07, 6.45) is 0. The van der Waals surface area contributed by atoms with Gasteiger partial charge in [-0.05, 0) is 13.6 Å². The predicted molar refractivity (Wildman–Crippen MR) is 40.1 cm³/mol. The molecule has 3 nitrogen and oxygen atoms in total. The zero-order chi connectivity index (χ0) is 8.15. The average molecular weight is 162 g/mol. The Kier molecular flexibility index (Phi) is 3.72. The van der Waals surface area contributed by atoms with Gasteiger partial charge in [0, 0.05) is 5.03 Å². The molecule has 0 aliphatic rings. The highest BCUT2D eigenvalue weighted by molar-refractivity contribution is 6.31. The molecule has 0 aromatic carbocycles. The summed E-state index contributed by atoms with van der Waals surface area (Å²) in [6, 6.07) is 0. The summed E-state index contributed by atoms with van der Waals surface area (Å²) in [7, 11) is 1.26. The van der Waals surface area contributed by atoms with Crippen LogP contribution in [-0.2, 0) is 9.53 Å². The minimum Gasteiger partial charge on any atom is -0.464 e. The monoisotopic (exact) mass is 161 g/mol. The Morgan fingerprint density at radius 3 is 2.30 bits per heavy atom. The van der Waals surface area contributed by atoms with Crippen LogP contribution in [0.4, 0.5) is 0 Å². The molecule has 0 aromatic rings. The van der Waals surface area contributed by atoms with Crippen molar-refractivity contribution in [3.8, 4) is 0 Å². The van der Waals surface area contributed by atoms with Crippen LogP contribution in [-0.4, -0.2) is 19.8 Å². The number of allylic oxidation sites excluding steroid dienone is 1. The van der Waals surface area contributed by atoms with Crippen LogP contribution in [0.25, 0.3) is 0 Å². The Balaban J connectivity index is 4.53. The van der Waals surface area contributed by atoms with E-state index in [0.29, 0.717) is 0 Å². The van der Waals surface area contributed by atoms with E-state index in [2.05, 4.69) is 16.4 Å². The van der Waals surface area contributed by atoms with Gasteiger partial charge in [-0.2, -0.15) is 0 Å². The van der Waals surface area contributed by atoms with E-state index in [9.17, 15) is 4.79 Å². The number of rotatable bonds is 2. The van der Waals surface area contributed by atoms with E-state index in [-0.39, 0.29) is 10.7 Å². The average Bonchev–Trinajstić information content (AvgIpc) is 1.88. The third kappa shape index (κ3) is 2.19. The maximum Gasteiger partial charge on any atom is 0.357 e. The first kappa shape index (κ1) is 9.17. The van der Waals surface area contributed by atoms with Crippen molar-refractivity contribution in [1.82, 2.24) is 0 Å². The smallest absolute Gasteiger partial charge is 0.357 e. The van der Waals surface area contributed by atoms with Crippen LogP contribution in [0.3, 0.4) is 0 Å². The van der Waals surface area contributed by atoms with Crippen molar-refractivity contribution in [2.45, 2.75) is 6.92 Å². The number of carbonyl (C=O) groups excluding carboxylic acids is 1. The fourth-order valence-corrected chi connectivity index (χ4v) is 0.548. The summed E-state index contributed by atoms with van der Waals surface area (Å²) < 4.78 is 4.35. The summed E-state index contributed by atoms with van der Waals surface area (Å²) in [6.45, 7) is 4.70. The molecule has 0 spiro atoms. The number of nitrogens with zero attached hydrogens (tertiary/aromatic N) is 1. The van der Waals surface area contributed by atoms with Crippen molar-refractivity contribution in [2.24, 2.45) is 4.99 Å². The fourth-order valence-electron chi connectivity index (χ4n) is 0.411. The van der Waals surface area contributed by atoms with E-state index >= 15 is 0 Å². The largest absolute Gasteiger partial charge is 0.464 e. The van der Waals surface area contributed by atoms with E-state index in [0.717, 1.165) is 0 Å². The van der Waals surface area contributed by atoms with Gasteiger partial charge in [-0.1, -0.05) is 11.6 Å². The fraction of sp³-hybridized carbons (Fsp3) is 0.333. The second-order valence-corrected chi connectivity index (χ2v) is 2.10. The maximum absolute atomic E-state index is 10.7. The molecule has 4 heteroatoms. The van der Waals surface area contributed by atoms with E-state index in [4.69, 9.17) is 11.6 Å². The lowest BCUT2D eigenvalue weighted by Crippen LogP contribution is -2.03. The second kappa shape index (κ2) is 4.06. The molecule has 0 radical (unpaired) electrons. The molecule has 0 saturated heterocycles. The van der Waals surface area contributed by atoms with Gasteiger partial charge < -0.3 is 4.74 Å². The molecule has 0 aromatic heterocycles. The molecule has 0 bridgehead atoms. The maximum atomic E-state index is 10.7. The molecule has 0 atom stereocenters. The molecule has 56 valence electrons. The van der Waals surface area contributed by atoms with Gasteiger partial charge in [0.25, 0.3) is 0 Å². The summed E-state index contributed by atoms with van der Waals surface area (Å²) in [5.41, 5.74) is 0.0594. The molecule has 0 heterocycles. The van der Waals surface area contributed by atoms with Crippen molar-refractivity contribution < 1.29 is 9.53 Å². The Labute approximate surface area is 64.3 Å². The molecule has 0 rings (SSSR count). The van der Waals surface area contributed by atoms with Gasteiger partial charge in [-0.25, -0.2) is 4.79 Å². The molecule has 0 amide bonds. The number of ether oxygens (including phenoxy) is 1. The summed E-state index contributed by atoms with van der Waals surface area (Å²) in [5.74, 6) is -0.567. The van der Waals surface area contributed by atoms with Crippen LogP contribution in [0.1, 0.15) is 6.92 Å². The quantitative estimate of drug-likeness (QED) is 0.348. The standard InChI is InChI=1S/C6H8ClNO2/c1-4(7)5(8-2)6(9)10-3/h2H2,1,3H3/b5-4+. The zero-order valence-corrected chi connectivity index (χ0v) is 6.60. The van der Waals surface area contributed by atoms with Crippen LogP contribution in [0.5, 0.6) is 0 Å². The Morgan fingerprint density at radius 1 is 1.70 bits per heavy atom. The first-order valence-electron chi connectivity index (χ1n) is 2.55. The van der Waals surface area contributed by atoms with E-state index in [1.807, 2.05) is 0 Å². The van der Waals surface area contributed by atoms with Crippen molar-refractivity contribution in [3.63, 3.8) is 0 Å². The van der Waals surface area contributed by atoms with Gasteiger partial charge in [-0.15, -0.1) is 0 Å². The van der Waals surface area contributed by atoms with E-state index in [1.54, 1.807) is 6.92 Å². The lowest BCUT2D eigenvalue weighted by Gasteiger charge is -1.97. The topological polar surface area (TPSA) is 38.7 Å². The van der Waals surface area contributed by atoms with Gasteiger partial charge >= 0.3 is 5.97 Å². The highest BCUT2D eigenvalue weighted by Crippen LogP contribution is 2.09. The molecular weight excluding hydrogens is 154 g/mol. The molecule has 0 fully saturated rings. The third-order valence-electron chi connectivity index (χ3n) is 0.863. The van der Waals surface area contributed by atoms with Crippen LogP contribution in [0, 0.1) is 0 Å². The Bertz CT molecular complexity index is 182. The minimum atomic E-state index is -0.567. The van der Waals surface area contributed by atoms with Crippen molar-refractivity contribution in [2.75, 3.05) is 7.11 Å². The van der Waals surface area contributed by atoms with Gasteiger partial charge in [0.05, 0.1) is 7.11 Å². The van der Waals surface area contributed by atoms with Crippen LogP contribution < -0.4 is 0 Å². The van der Waals surface area contributed by atoms with Gasteiger partial charge in [-0.3, -0.25) is 4.99 Å². The summed E-state index contributed by atoms with van der Waals surface area (Å²) in [4.78, 5) is 14.1. The summed E-state index contributed by atoms with van der Waals surface area (Å²) in [5, 5.41) is 0.279. The summed E-state index contributed by atoms with van der Waals surface area (Å²) >= 11 is 5.46. The molecule has 0 aliphatic carbocycles. The van der Waals surface area contributed by atoms with Crippen LogP contribution in [0.2, 0.25) is 0 Å². The number of hydrogen-bond donors (Lipinski definition) is 0. The highest BCUT2D eigenvalue weighted by Gasteiger charge is 2.08. The highest BCUT2D eigenvalue weighted by atomic mass is 35.5. The molecular formula is C6H8ClNO2. The van der Waals surface area contributed by atoms with Crippen LogP contribution in [0.15, 0.2) is 15.7 Å². The number of methoxy groups -OCH3 is 1. The van der Waals surface area contributed by atoms with Crippen molar-refractivity contribution in [1.29, 1.82) is 0 Å². The van der Waals surface area contributed by atoms with Crippen molar-refractivity contribution >= 4 is 24.3 Å². The number of carbonyl (C=O) groups is 1. The first-order valence-corrected chi connectivity index (χ1v) is 2.92. The van der Waals surface area contributed by atoms with Gasteiger partial charge in [0.15, 0.2) is 5.70 Å². The van der Waals surface area contributed by atoms with Crippen LogP contribution >= 0.6 is 11.6 Å². The second-order valence-electron chi connectivity index (χ2n) is 1.53. The van der Waals surface area contributed by atoms with Gasteiger partial charge in [0.2, 0.25) is 0 Å². The number of esters is 1. The molecule has 0 N–H and O–H groups in total. The zero-order valence-electron chi connectivity index (χ0n) is 5.85. The SMILES string of the molecule is C=N/C(C(=O)OC)=C(\C)Cl. The normalized spacial score (nSPS) is 11.9. The molecule has 10 heavy (non-hydrogen) atoms.